The summed E-state index contributed by atoms with van der Waals surface area (Å²) in [4.78, 5) is 49.4. The van der Waals surface area contributed by atoms with Gasteiger partial charge in [-0.1, -0.05) is 17.7 Å². The number of hydrogen-bond acceptors (Lipinski definition) is 6. The smallest absolute Gasteiger partial charge is 0.261 e. The zero-order valence-electron chi connectivity index (χ0n) is 24.0. The van der Waals surface area contributed by atoms with Gasteiger partial charge in [0.2, 0.25) is 11.8 Å². The maximum absolute atomic E-state index is 13.3. The van der Waals surface area contributed by atoms with Crippen molar-refractivity contribution >= 4 is 45.8 Å². The van der Waals surface area contributed by atoms with E-state index in [9.17, 15) is 14.4 Å². The summed E-state index contributed by atoms with van der Waals surface area (Å²) in [5, 5.41) is 1.17. The van der Waals surface area contributed by atoms with Gasteiger partial charge in [0, 0.05) is 68.9 Å². The lowest BCUT2D eigenvalue weighted by Crippen LogP contribution is -2.47. The van der Waals surface area contributed by atoms with E-state index in [1.54, 1.807) is 66.0 Å². The second-order valence-electron chi connectivity index (χ2n) is 11.0. The van der Waals surface area contributed by atoms with Gasteiger partial charge in [0.1, 0.15) is 16.8 Å². The molecule has 4 aromatic rings. The molecule has 4 heterocycles. The van der Waals surface area contributed by atoms with Crippen molar-refractivity contribution in [3.8, 4) is 0 Å². The third-order valence-electron chi connectivity index (χ3n) is 7.71. The van der Waals surface area contributed by atoms with Crippen molar-refractivity contribution < 1.29 is 14.0 Å². The monoisotopic (exact) mass is 575 g/mol. The van der Waals surface area contributed by atoms with Gasteiger partial charge >= 0.3 is 0 Å². The van der Waals surface area contributed by atoms with Gasteiger partial charge in [0.15, 0.2) is 0 Å². The zero-order valence-corrected chi connectivity index (χ0v) is 24.7. The van der Waals surface area contributed by atoms with Gasteiger partial charge in [-0.25, -0.2) is 0 Å². The molecule has 1 aromatic carbocycles. The molecule has 1 aliphatic rings. The number of aryl methyl sites for hydroxylation is 1. The Kier molecular flexibility index (Phi) is 7.76. The van der Waals surface area contributed by atoms with E-state index in [1.165, 1.54) is 0 Å². The van der Waals surface area contributed by atoms with Gasteiger partial charge in [-0.3, -0.25) is 24.3 Å². The number of nitrogens with zero attached hydrogens (tertiary/aromatic N) is 5. The third kappa shape index (κ3) is 5.39. The van der Waals surface area contributed by atoms with Crippen LogP contribution in [0, 0.1) is 12.3 Å². The molecule has 1 aliphatic heterocycles. The van der Waals surface area contributed by atoms with Crippen molar-refractivity contribution in [2.24, 2.45) is 5.41 Å². The normalized spacial score (nSPS) is 15.1. The number of furan rings is 1. The number of pyridine rings is 2. The molecule has 41 heavy (non-hydrogen) atoms. The van der Waals surface area contributed by atoms with E-state index < -0.39 is 5.41 Å². The van der Waals surface area contributed by atoms with Gasteiger partial charge in [-0.2, -0.15) is 0 Å². The molecule has 0 aliphatic carbocycles. The first-order valence-corrected chi connectivity index (χ1v) is 14.0. The molecule has 0 atom stereocenters. The highest BCUT2D eigenvalue weighted by atomic mass is 35.5. The van der Waals surface area contributed by atoms with Crippen LogP contribution >= 0.6 is 11.6 Å². The number of fused-ring (bicyclic) bond motifs is 2. The predicted octanol–water partition coefficient (Wildman–Crippen LogP) is 5.01. The van der Waals surface area contributed by atoms with Crippen molar-refractivity contribution in [1.82, 2.24) is 14.5 Å². The Morgan fingerprint density at radius 3 is 2.54 bits per heavy atom. The number of aromatic nitrogens is 2. The van der Waals surface area contributed by atoms with E-state index in [2.05, 4.69) is 9.88 Å². The first-order valence-electron chi connectivity index (χ1n) is 13.6. The molecule has 10 heteroatoms. The van der Waals surface area contributed by atoms with Crippen LogP contribution in [0.2, 0.25) is 5.02 Å². The minimum absolute atomic E-state index is 0.101. The standard InChI is InChI=1S/C31H34ClN5O4/c1-6-37-25-8-7-21(16-26(25)34(5)29(39)31(3,4)30(37)40)18-35(19-22-17-33-11-9-24(22)32)13-14-36-12-10-27-23(28(36)38)15-20(2)41-27/h7-12,15-17H,6,13-14,18-19H2,1-5H3. The van der Waals surface area contributed by atoms with Crippen molar-refractivity contribution in [1.29, 1.82) is 0 Å². The fourth-order valence-corrected chi connectivity index (χ4v) is 5.58. The summed E-state index contributed by atoms with van der Waals surface area (Å²) in [6, 6.07) is 11.2. The maximum Gasteiger partial charge on any atom is 0.261 e. The van der Waals surface area contributed by atoms with Crippen LogP contribution in [-0.2, 0) is 29.2 Å². The van der Waals surface area contributed by atoms with Crippen molar-refractivity contribution in [3.63, 3.8) is 0 Å². The van der Waals surface area contributed by atoms with Gasteiger partial charge in [0.25, 0.3) is 5.56 Å². The molecule has 0 saturated carbocycles. The summed E-state index contributed by atoms with van der Waals surface area (Å²) in [7, 11) is 1.71. The molecule has 0 radical (unpaired) electrons. The topological polar surface area (TPSA) is 91.9 Å². The molecule has 0 N–H and O–H groups in total. The molecule has 0 unspecified atom stereocenters. The minimum atomic E-state index is -1.17. The highest BCUT2D eigenvalue weighted by Crippen LogP contribution is 2.39. The molecule has 9 nitrogen and oxygen atoms in total. The summed E-state index contributed by atoms with van der Waals surface area (Å²) in [5.74, 6) is 0.229. The van der Waals surface area contributed by atoms with Crippen LogP contribution in [-0.4, -0.2) is 46.4 Å². The van der Waals surface area contributed by atoms with E-state index in [0.29, 0.717) is 65.9 Å². The Morgan fingerprint density at radius 1 is 1.02 bits per heavy atom. The Labute approximate surface area is 243 Å². The highest BCUT2D eigenvalue weighted by Gasteiger charge is 2.45. The molecule has 0 saturated heterocycles. The quantitative estimate of drug-likeness (QED) is 0.274. The molecule has 3 aromatic heterocycles. The number of halogens is 1. The largest absolute Gasteiger partial charge is 0.461 e. The lowest BCUT2D eigenvalue weighted by molar-refractivity contribution is -0.137. The predicted molar refractivity (Wildman–Crippen MR) is 160 cm³/mol. The Hall–Kier alpha value is -3.95. The van der Waals surface area contributed by atoms with Gasteiger partial charge < -0.3 is 18.8 Å². The molecule has 5 rings (SSSR count). The van der Waals surface area contributed by atoms with E-state index in [-0.39, 0.29) is 17.4 Å². The Balaban J connectivity index is 1.46. The van der Waals surface area contributed by atoms with Crippen LogP contribution in [0.3, 0.4) is 0 Å². The summed E-state index contributed by atoms with van der Waals surface area (Å²) >= 11 is 6.49. The van der Waals surface area contributed by atoms with E-state index >= 15 is 0 Å². The average Bonchev–Trinajstić information content (AvgIpc) is 3.33. The third-order valence-corrected chi connectivity index (χ3v) is 8.08. The second-order valence-corrected chi connectivity index (χ2v) is 11.4. The van der Waals surface area contributed by atoms with Crippen LogP contribution in [0.15, 0.2) is 64.2 Å². The molecule has 0 bridgehead atoms. The highest BCUT2D eigenvalue weighted by molar-refractivity contribution is 6.31. The summed E-state index contributed by atoms with van der Waals surface area (Å²) < 4.78 is 7.29. The summed E-state index contributed by atoms with van der Waals surface area (Å²) in [6.07, 6.45) is 5.15. The molecule has 0 fully saturated rings. The SMILES string of the molecule is CCN1C(=O)C(C)(C)C(=O)N(C)c2cc(CN(CCn3ccc4oc(C)cc4c3=O)Cc3cnccc3Cl)ccc21. The van der Waals surface area contributed by atoms with Crippen LogP contribution < -0.4 is 15.4 Å². The average molecular weight is 576 g/mol. The van der Waals surface area contributed by atoms with Crippen LogP contribution in [0.4, 0.5) is 11.4 Å². The number of benzene rings is 1. The first-order chi connectivity index (χ1) is 19.5. The van der Waals surface area contributed by atoms with Crippen molar-refractivity contribution in [3.05, 3.63) is 87.3 Å². The Bertz CT molecular complexity index is 1690. The lowest BCUT2D eigenvalue weighted by Gasteiger charge is -2.27. The Morgan fingerprint density at radius 2 is 1.80 bits per heavy atom. The summed E-state index contributed by atoms with van der Waals surface area (Å²) in [6.45, 7) is 9.56. The van der Waals surface area contributed by atoms with Crippen LogP contribution in [0.1, 0.15) is 37.7 Å². The molecule has 0 spiro atoms. The molecule has 2 amide bonds. The molecule has 214 valence electrons. The lowest BCUT2D eigenvalue weighted by atomic mass is 9.90. The number of amides is 2. The number of carbonyl (C=O) groups is 2. The van der Waals surface area contributed by atoms with Crippen LogP contribution in [0.25, 0.3) is 11.0 Å². The number of hydrogen-bond donors (Lipinski definition) is 0. The van der Waals surface area contributed by atoms with Crippen molar-refractivity contribution in [2.45, 2.75) is 47.3 Å². The number of rotatable bonds is 8. The van der Waals surface area contributed by atoms with E-state index in [0.717, 1.165) is 11.1 Å². The fraction of sp³-hybridized carbons (Fsp3) is 0.355. The van der Waals surface area contributed by atoms with E-state index in [4.69, 9.17) is 16.0 Å². The molecular formula is C31H34ClN5O4. The molecular weight excluding hydrogens is 542 g/mol. The fourth-order valence-electron chi connectivity index (χ4n) is 5.41. The van der Waals surface area contributed by atoms with Gasteiger partial charge in [0.05, 0.1) is 16.8 Å². The van der Waals surface area contributed by atoms with Crippen molar-refractivity contribution in [2.75, 3.05) is 29.9 Å². The number of carbonyl (C=O) groups excluding carboxylic acids is 2. The van der Waals surface area contributed by atoms with Gasteiger partial charge in [-0.15, -0.1) is 0 Å². The second kappa shape index (κ2) is 11.1. The van der Waals surface area contributed by atoms with Gasteiger partial charge in [-0.05, 0) is 63.6 Å². The van der Waals surface area contributed by atoms with E-state index in [1.807, 2.05) is 38.1 Å². The minimum Gasteiger partial charge on any atom is -0.461 e. The number of anilines is 2. The van der Waals surface area contributed by atoms with Crippen LogP contribution in [0.5, 0.6) is 0 Å². The zero-order chi connectivity index (χ0) is 29.5. The first kappa shape index (κ1) is 28.6. The maximum atomic E-state index is 13.3. The summed E-state index contributed by atoms with van der Waals surface area (Å²) in [5.41, 5.74) is 2.53.